The maximum absolute atomic E-state index is 13.8. The number of fused-ring (bicyclic) bond motifs is 3. The largest absolute Gasteiger partial charge is 0.496 e. The van der Waals surface area contributed by atoms with Gasteiger partial charge in [-0.1, -0.05) is 169 Å². The van der Waals surface area contributed by atoms with Gasteiger partial charge in [0.2, 0.25) is 11.8 Å². The van der Waals surface area contributed by atoms with Crippen molar-refractivity contribution >= 4 is 17.9 Å². The van der Waals surface area contributed by atoms with Crippen LogP contribution in [0.15, 0.2) is 91.0 Å². The molecule has 4 aromatic carbocycles. The molecule has 5 rings (SSSR count). The highest BCUT2D eigenvalue weighted by molar-refractivity contribution is 5.83. The molecule has 9 nitrogen and oxygen atoms in total. The summed E-state index contributed by atoms with van der Waals surface area (Å²) in [7, 11) is 1.61. The van der Waals surface area contributed by atoms with Crippen LogP contribution in [-0.2, 0) is 27.4 Å². The van der Waals surface area contributed by atoms with Gasteiger partial charge in [-0.05, 0) is 59.7 Å². The summed E-state index contributed by atoms with van der Waals surface area (Å²) in [5.41, 5.74) is 7.70. The lowest BCUT2D eigenvalue weighted by atomic mass is 9.98. The quantitative estimate of drug-likeness (QED) is 0.0527. The zero-order chi connectivity index (χ0) is 43.8. The van der Waals surface area contributed by atoms with Gasteiger partial charge in [-0.3, -0.25) is 9.59 Å². The first-order valence-corrected chi connectivity index (χ1v) is 23.3. The Hall–Kier alpha value is -5.31. The summed E-state index contributed by atoms with van der Waals surface area (Å²) in [5.74, 6) is 0.984. The van der Waals surface area contributed by atoms with Gasteiger partial charge in [0.1, 0.15) is 24.7 Å². The monoisotopic (exact) mass is 846 g/mol. The summed E-state index contributed by atoms with van der Waals surface area (Å²) in [6.07, 6.45) is 18.0. The van der Waals surface area contributed by atoms with Crippen LogP contribution in [-0.4, -0.2) is 56.2 Å². The number of nitrogens with zero attached hydrogens (tertiary/aromatic N) is 1. The molecule has 2 N–H and O–H groups in total. The molecule has 0 fully saturated rings. The van der Waals surface area contributed by atoms with Gasteiger partial charge in [0.05, 0.1) is 13.7 Å². The predicted octanol–water partition coefficient (Wildman–Crippen LogP) is 11.8. The third-order valence-corrected chi connectivity index (χ3v) is 11.9. The Bertz CT molecular complexity index is 1920. The van der Waals surface area contributed by atoms with Crippen LogP contribution in [0.1, 0.15) is 143 Å². The first-order valence-electron chi connectivity index (χ1n) is 23.3. The van der Waals surface area contributed by atoms with Gasteiger partial charge < -0.3 is 29.7 Å². The Morgan fingerprint density at radius 3 is 1.89 bits per heavy atom. The molecule has 3 amide bonds. The number of alkyl carbamates (subject to hydrolysis) is 1. The molecule has 0 bridgehead atoms. The lowest BCUT2D eigenvalue weighted by molar-refractivity contribution is -0.131. The van der Waals surface area contributed by atoms with E-state index in [-0.39, 0.29) is 30.9 Å². The van der Waals surface area contributed by atoms with E-state index < -0.39 is 6.09 Å². The van der Waals surface area contributed by atoms with E-state index in [1.807, 2.05) is 73.7 Å². The molecule has 334 valence electrons. The maximum atomic E-state index is 13.8. The minimum atomic E-state index is -0.612. The molecule has 62 heavy (non-hydrogen) atoms. The second kappa shape index (κ2) is 26.9. The number of carbonyl (C=O) groups excluding carboxylic acids is 3. The van der Waals surface area contributed by atoms with Gasteiger partial charge in [-0.2, -0.15) is 0 Å². The van der Waals surface area contributed by atoms with Crippen molar-refractivity contribution in [2.24, 2.45) is 0 Å². The SMILES string of the molecule is CCCCCCCCCCCCCCCCN(Cc1ccc(OCCCC(=O)NCc2ccc(C)cc2)cc1OC)C(=O)CNC(=O)OCC1c2ccccc2-c2ccccc21. The minimum Gasteiger partial charge on any atom is -0.496 e. The van der Waals surface area contributed by atoms with Crippen molar-refractivity contribution in [2.75, 3.05) is 33.4 Å². The predicted molar refractivity (Wildman–Crippen MR) is 250 cm³/mol. The Morgan fingerprint density at radius 1 is 0.677 bits per heavy atom. The third-order valence-electron chi connectivity index (χ3n) is 11.9. The molecule has 1 aliphatic carbocycles. The second-order valence-electron chi connectivity index (χ2n) is 16.8. The summed E-state index contributed by atoms with van der Waals surface area (Å²) in [6, 6.07) is 30.2. The van der Waals surface area contributed by atoms with Crippen molar-refractivity contribution in [1.29, 1.82) is 0 Å². The van der Waals surface area contributed by atoms with Crippen molar-refractivity contribution in [1.82, 2.24) is 15.5 Å². The number of methoxy groups -OCH3 is 1. The molecule has 1 aliphatic rings. The van der Waals surface area contributed by atoms with Gasteiger partial charge in [0.25, 0.3) is 0 Å². The van der Waals surface area contributed by atoms with E-state index in [0.29, 0.717) is 50.6 Å². The Balaban J connectivity index is 1.08. The number of hydrogen-bond donors (Lipinski definition) is 2. The van der Waals surface area contributed by atoms with Gasteiger partial charge in [0.15, 0.2) is 0 Å². The van der Waals surface area contributed by atoms with Crippen molar-refractivity contribution in [2.45, 2.75) is 136 Å². The summed E-state index contributed by atoms with van der Waals surface area (Å²) in [4.78, 5) is 41.1. The van der Waals surface area contributed by atoms with Crippen molar-refractivity contribution in [3.63, 3.8) is 0 Å². The Labute approximate surface area is 371 Å². The van der Waals surface area contributed by atoms with Gasteiger partial charge in [-0.15, -0.1) is 0 Å². The molecule has 0 aromatic heterocycles. The van der Waals surface area contributed by atoms with Crippen molar-refractivity contribution in [3.8, 4) is 22.6 Å². The Morgan fingerprint density at radius 2 is 1.27 bits per heavy atom. The third kappa shape index (κ3) is 15.9. The second-order valence-corrected chi connectivity index (χ2v) is 16.8. The Kier molecular flexibility index (Phi) is 20.7. The smallest absolute Gasteiger partial charge is 0.407 e. The first kappa shape index (κ1) is 47.7. The molecule has 0 saturated carbocycles. The molecule has 0 radical (unpaired) electrons. The van der Waals surface area contributed by atoms with E-state index in [4.69, 9.17) is 14.2 Å². The van der Waals surface area contributed by atoms with Crippen LogP contribution in [0.4, 0.5) is 4.79 Å². The van der Waals surface area contributed by atoms with Crippen molar-refractivity contribution in [3.05, 3.63) is 119 Å². The number of rotatable bonds is 29. The van der Waals surface area contributed by atoms with E-state index in [0.717, 1.165) is 52.6 Å². The first-order chi connectivity index (χ1) is 30.4. The highest BCUT2D eigenvalue weighted by Crippen LogP contribution is 2.44. The van der Waals surface area contributed by atoms with Crippen LogP contribution in [0.2, 0.25) is 0 Å². The fourth-order valence-corrected chi connectivity index (χ4v) is 8.27. The number of nitrogens with one attached hydrogen (secondary N) is 2. The normalized spacial score (nSPS) is 11.7. The molecular formula is C53H71N3O6. The molecule has 0 atom stereocenters. The number of amides is 3. The van der Waals surface area contributed by atoms with Crippen LogP contribution in [0.3, 0.4) is 0 Å². The average molecular weight is 846 g/mol. The molecule has 0 spiro atoms. The fourth-order valence-electron chi connectivity index (χ4n) is 8.27. The topological polar surface area (TPSA) is 106 Å². The van der Waals surface area contributed by atoms with E-state index in [2.05, 4.69) is 41.8 Å². The van der Waals surface area contributed by atoms with Crippen LogP contribution < -0.4 is 20.1 Å². The highest BCUT2D eigenvalue weighted by Gasteiger charge is 2.29. The number of hydrogen-bond acceptors (Lipinski definition) is 6. The zero-order valence-electron chi connectivity index (χ0n) is 37.7. The molecule has 0 unspecified atom stereocenters. The van der Waals surface area contributed by atoms with Gasteiger partial charge in [-0.25, -0.2) is 4.79 Å². The number of aryl methyl sites for hydroxylation is 1. The lowest BCUT2D eigenvalue weighted by Crippen LogP contribution is -2.40. The fraction of sp³-hybridized carbons (Fsp3) is 0.491. The van der Waals surface area contributed by atoms with Gasteiger partial charge >= 0.3 is 6.09 Å². The summed E-state index contributed by atoms with van der Waals surface area (Å²) >= 11 is 0. The molecule has 0 heterocycles. The highest BCUT2D eigenvalue weighted by atomic mass is 16.5. The van der Waals surface area contributed by atoms with Crippen LogP contribution in [0.5, 0.6) is 11.5 Å². The van der Waals surface area contributed by atoms with Crippen molar-refractivity contribution < 1.29 is 28.6 Å². The van der Waals surface area contributed by atoms with Crippen LogP contribution in [0, 0.1) is 6.92 Å². The summed E-state index contributed by atoms with van der Waals surface area (Å²) < 4.78 is 17.5. The zero-order valence-corrected chi connectivity index (χ0v) is 37.7. The van der Waals surface area contributed by atoms with Crippen LogP contribution in [0.25, 0.3) is 11.1 Å². The number of benzene rings is 4. The number of carbonyl (C=O) groups is 3. The molecule has 4 aromatic rings. The summed E-state index contributed by atoms with van der Waals surface area (Å²) in [6.45, 7) is 6.10. The average Bonchev–Trinajstić information content (AvgIpc) is 3.61. The van der Waals surface area contributed by atoms with E-state index in [1.54, 1.807) is 12.0 Å². The molecule has 9 heteroatoms. The van der Waals surface area contributed by atoms with Crippen LogP contribution >= 0.6 is 0 Å². The lowest BCUT2D eigenvalue weighted by Gasteiger charge is -2.24. The molecular weight excluding hydrogens is 775 g/mol. The number of unbranched alkanes of at least 4 members (excludes halogenated alkanes) is 13. The molecule has 0 aliphatic heterocycles. The number of ether oxygens (including phenoxy) is 3. The van der Waals surface area contributed by atoms with E-state index in [9.17, 15) is 14.4 Å². The molecule has 0 saturated heterocycles. The van der Waals surface area contributed by atoms with E-state index >= 15 is 0 Å². The summed E-state index contributed by atoms with van der Waals surface area (Å²) in [5, 5.41) is 5.71. The maximum Gasteiger partial charge on any atom is 0.407 e. The van der Waals surface area contributed by atoms with Gasteiger partial charge in [0, 0.05) is 43.6 Å². The minimum absolute atomic E-state index is 0.0150. The standard InChI is InChI=1S/C53H71N3O6/c1-4-5-6-7-8-9-10-11-12-13-14-15-16-21-34-56(52(58)38-55-53(59)62-40-49-47-25-19-17-23-45(47)46-24-18-20-26-48(46)49)39-43-32-33-44(36-50(43)60-3)61-35-22-27-51(57)54-37-42-30-28-41(2)29-31-42/h17-20,23-26,28-33,36,49H,4-16,21-22,27,34-35,37-40H2,1-3H3,(H,54,57)(H,55,59). The van der Waals surface area contributed by atoms with E-state index in [1.165, 1.54) is 76.2 Å².